The van der Waals surface area contributed by atoms with Gasteiger partial charge in [-0.3, -0.25) is 19.7 Å². The molecule has 0 unspecified atom stereocenters. The van der Waals surface area contributed by atoms with E-state index in [4.69, 9.17) is 16.3 Å². The van der Waals surface area contributed by atoms with Crippen LogP contribution in [0.2, 0.25) is 5.02 Å². The van der Waals surface area contributed by atoms with Gasteiger partial charge in [0.2, 0.25) is 0 Å². The van der Waals surface area contributed by atoms with Crippen molar-refractivity contribution in [3.05, 3.63) is 134 Å². The van der Waals surface area contributed by atoms with Crippen molar-refractivity contribution in [1.82, 2.24) is 5.43 Å². The quantitative estimate of drug-likeness (QED) is 0.0925. The Kier molecular flexibility index (Phi) is 8.62. The standard InChI is InChI=1S/C29H21ClN4O6/c1-18-2-4-21(5-3-18)29(37)40-26-15-14-25(34(38)39)16-22(26)17-31-33-28(36)20-8-12-24(13-9-20)32-27(35)19-6-10-23(30)11-7-19/h2-17H,1H3,(H,32,35)(H,33,36)/b31-17+. The number of rotatable bonds is 8. The van der Waals surface area contributed by atoms with Gasteiger partial charge in [0.1, 0.15) is 5.75 Å². The number of anilines is 1. The van der Waals surface area contributed by atoms with E-state index in [0.717, 1.165) is 11.8 Å². The molecule has 0 aliphatic heterocycles. The summed E-state index contributed by atoms with van der Waals surface area (Å²) in [4.78, 5) is 48.1. The molecule has 0 bridgehead atoms. The van der Waals surface area contributed by atoms with Crippen LogP contribution in [0.1, 0.15) is 42.2 Å². The van der Waals surface area contributed by atoms with Gasteiger partial charge in [0, 0.05) is 39.5 Å². The molecule has 200 valence electrons. The first-order chi connectivity index (χ1) is 19.2. The normalized spacial score (nSPS) is 10.7. The van der Waals surface area contributed by atoms with E-state index >= 15 is 0 Å². The first-order valence-electron chi connectivity index (χ1n) is 11.8. The highest BCUT2D eigenvalue weighted by Crippen LogP contribution is 2.24. The second kappa shape index (κ2) is 12.5. The lowest BCUT2D eigenvalue weighted by Gasteiger charge is -2.08. The molecule has 4 aromatic rings. The maximum atomic E-state index is 12.6. The van der Waals surface area contributed by atoms with Gasteiger partial charge < -0.3 is 10.1 Å². The summed E-state index contributed by atoms with van der Waals surface area (Å²) >= 11 is 5.84. The number of benzene rings is 4. The minimum atomic E-state index is -0.657. The molecule has 2 amide bonds. The van der Waals surface area contributed by atoms with Crippen molar-refractivity contribution >= 4 is 47.0 Å². The third kappa shape index (κ3) is 7.15. The van der Waals surface area contributed by atoms with Crippen molar-refractivity contribution in [2.75, 3.05) is 5.32 Å². The van der Waals surface area contributed by atoms with Gasteiger partial charge in [-0.15, -0.1) is 0 Å². The Morgan fingerprint density at radius 2 is 1.45 bits per heavy atom. The molecule has 0 aliphatic carbocycles. The molecular weight excluding hydrogens is 536 g/mol. The lowest BCUT2D eigenvalue weighted by molar-refractivity contribution is -0.384. The summed E-state index contributed by atoms with van der Waals surface area (Å²) in [6.45, 7) is 1.88. The predicted molar refractivity (Wildman–Crippen MR) is 150 cm³/mol. The van der Waals surface area contributed by atoms with Crippen molar-refractivity contribution in [2.45, 2.75) is 6.92 Å². The third-order valence-electron chi connectivity index (χ3n) is 5.58. The Labute approximate surface area is 233 Å². The Morgan fingerprint density at radius 3 is 2.10 bits per heavy atom. The summed E-state index contributed by atoms with van der Waals surface area (Å²) in [6.07, 6.45) is 1.14. The fourth-order valence-electron chi connectivity index (χ4n) is 3.43. The van der Waals surface area contributed by atoms with Crippen LogP contribution in [0.5, 0.6) is 5.75 Å². The van der Waals surface area contributed by atoms with Crippen LogP contribution in [0, 0.1) is 17.0 Å². The number of amides is 2. The van der Waals surface area contributed by atoms with Crippen molar-refractivity contribution in [1.29, 1.82) is 0 Å². The molecule has 0 radical (unpaired) electrons. The number of nitrogens with one attached hydrogen (secondary N) is 2. The second-order valence-electron chi connectivity index (χ2n) is 8.47. The molecule has 0 aromatic heterocycles. The summed E-state index contributed by atoms with van der Waals surface area (Å²) in [5.74, 6) is -1.55. The number of nitro groups is 1. The van der Waals surface area contributed by atoms with Crippen molar-refractivity contribution in [2.24, 2.45) is 5.10 Å². The number of nitrogens with zero attached hydrogens (tertiary/aromatic N) is 2. The average molecular weight is 557 g/mol. The lowest BCUT2D eigenvalue weighted by Crippen LogP contribution is -2.18. The predicted octanol–water partition coefficient (Wildman–Crippen LogP) is 5.79. The van der Waals surface area contributed by atoms with E-state index < -0.39 is 16.8 Å². The smallest absolute Gasteiger partial charge is 0.343 e. The zero-order chi connectivity index (χ0) is 28.6. The van der Waals surface area contributed by atoms with Gasteiger partial charge in [-0.25, -0.2) is 10.2 Å². The number of hydrogen-bond acceptors (Lipinski definition) is 7. The highest BCUT2D eigenvalue weighted by molar-refractivity contribution is 6.30. The number of non-ortho nitro benzene ring substituents is 1. The molecule has 0 spiro atoms. The van der Waals surface area contributed by atoms with Crippen LogP contribution >= 0.6 is 11.6 Å². The van der Waals surface area contributed by atoms with E-state index in [1.807, 2.05) is 6.92 Å². The SMILES string of the molecule is Cc1ccc(C(=O)Oc2ccc([N+](=O)[O-])cc2/C=N/NC(=O)c2ccc(NC(=O)c3ccc(Cl)cc3)cc2)cc1. The van der Waals surface area contributed by atoms with Gasteiger partial charge in [-0.1, -0.05) is 29.3 Å². The highest BCUT2D eigenvalue weighted by Gasteiger charge is 2.15. The van der Waals surface area contributed by atoms with Crippen molar-refractivity contribution in [3.63, 3.8) is 0 Å². The number of hydrazone groups is 1. The number of esters is 1. The molecule has 0 aliphatic rings. The van der Waals surface area contributed by atoms with E-state index in [2.05, 4.69) is 15.8 Å². The first-order valence-corrected chi connectivity index (χ1v) is 12.1. The topological polar surface area (TPSA) is 140 Å². The van der Waals surface area contributed by atoms with Crippen LogP contribution < -0.4 is 15.5 Å². The molecule has 10 nitrogen and oxygen atoms in total. The number of nitro benzene ring substituents is 1. The molecule has 2 N–H and O–H groups in total. The van der Waals surface area contributed by atoms with E-state index in [9.17, 15) is 24.5 Å². The molecule has 4 aromatic carbocycles. The maximum absolute atomic E-state index is 12.6. The van der Waals surface area contributed by atoms with Crippen LogP contribution in [0.3, 0.4) is 0 Å². The molecule has 0 fully saturated rings. The molecule has 0 saturated carbocycles. The van der Waals surface area contributed by atoms with E-state index in [0.29, 0.717) is 21.8 Å². The van der Waals surface area contributed by atoms with E-state index in [1.54, 1.807) is 60.7 Å². The summed E-state index contributed by atoms with van der Waals surface area (Å²) in [6, 6.07) is 22.8. The number of halogens is 1. The van der Waals surface area contributed by atoms with Gasteiger partial charge in [0.15, 0.2) is 0 Å². The Balaban J connectivity index is 1.42. The highest BCUT2D eigenvalue weighted by atomic mass is 35.5. The fraction of sp³-hybridized carbons (Fsp3) is 0.0345. The van der Waals surface area contributed by atoms with Crippen molar-refractivity contribution in [3.8, 4) is 5.75 Å². The summed E-state index contributed by atoms with van der Waals surface area (Å²) in [5, 5.41) is 18.3. The second-order valence-corrected chi connectivity index (χ2v) is 8.91. The number of hydrogen-bond donors (Lipinski definition) is 2. The zero-order valence-electron chi connectivity index (χ0n) is 21.0. The first kappa shape index (κ1) is 27.7. The molecule has 11 heteroatoms. The molecular formula is C29H21ClN4O6. The van der Waals surface area contributed by atoms with Gasteiger partial charge in [0.25, 0.3) is 17.5 Å². The molecule has 0 saturated heterocycles. The molecule has 40 heavy (non-hydrogen) atoms. The van der Waals surface area contributed by atoms with Gasteiger partial charge in [-0.05, 0) is 73.7 Å². The number of carbonyl (C=O) groups is 3. The van der Waals surface area contributed by atoms with Gasteiger partial charge >= 0.3 is 5.97 Å². The molecule has 0 heterocycles. The third-order valence-corrected chi connectivity index (χ3v) is 5.83. The Morgan fingerprint density at radius 1 is 0.850 bits per heavy atom. The monoisotopic (exact) mass is 556 g/mol. The minimum Gasteiger partial charge on any atom is -0.422 e. The van der Waals surface area contributed by atoms with Crippen molar-refractivity contribution < 1.29 is 24.0 Å². The van der Waals surface area contributed by atoms with E-state index in [1.165, 1.54) is 30.3 Å². The summed E-state index contributed by atoms with van der Waals surface area (Å²) < 4.78 is 5.42. The average Bonchev–Trinajstić information content (AvgIpc) is 2.94. The number of carbonyl (C=O) groups excluding carboxylic acids is 3. The van der Waals surface area contributed by atoms with Crippen LogP contribution in [0.4, 0.5) is 11.4 Å². The minimum absolute atomic E-state index is 0.0231. The Hall–Kier alpha value is -5.35. The summed E-state index contributed by atoms with van der Waals surface area (Å²) in [5.41, 5.74) is 4.58. The van der Waals surface area contributed by atoms with E-state index in [-0.39, 0.29) is 28.5 Å². The largest absolute Gasteiger partial charge is 0.422 e. The zero-order valence-corrected chi connectivity index (χ0v) is 21.7. The fourth-order valence-corrected chi connectivity index (χ4v) is 3.55. The maximum Gasteiger partial charge on any atom is 0.343 e. The van der Waals surface area contributed by atoms with Crippen LogP contribution in [-0.4, -0.2) is 28.9 Å². The molecule has 0 atom stereocenters. The van der Waals surface area contributed by atoms with Crippen LogP contribution in [0.25, 0.3) is 0 Å². The van der Waals surface area contributed by atoms with Crippen LogP contribution in [0.15, 0.2) is 96.1 Å². The van der Waals surface area contributed by atoms with Gasteiger partial charge in [0.05, 0.1) is 16.7 Å². The lowest BCUT2D eigenvalue weighted by atomic mass is 10.1. The number of aryl methyl sites for hydroxylation is 1. The van der Waals surface area contributed by atoms with Gasteiger partial charge in [-0.2, -0.15) is 5.10 Å². The Bertz CT molecular complexity index is 1600. The summed E-state index contributed by atoms with van der Waals surface area (Å²) in [7, 11) is 0. The van der Waals surface area contributed by atoms with Crippen LogP contribution in [-0.2, 0) is 0 Å². The molecule has 4 rings (SSSR count). The number of ether oxygens (including phenoxy) is 1.